The van der Waals surface area contributed by atoms with Crippen molar-refractivity contribution in [2.24, 2.45) is 0 Å². The van der Waals surface area contributed by atoms with Crippen molar-refractivity contribution in [3.8, 4) is 0 Å². The van der Waals surface area contributed by atoms with Crippen LogP contribution in [0, 0.1) is 0 Å². The van der Waals surface area contributed by atoms with Gasteiger partial charge in [-0.05, 0) is 35.9 Å². The second-order valence-corrected chi connectivity index (χ2v) is 5.02. The fourth-order valence-electron chi connectivity index (χ4n) is 1.58. The summed E-state index contributed by atoms with van der Waals surface area (Å²) in [5.74, 6) is 0. The quantitative estimate of drug-likeness (QED) is 0.753. The molecule has 0 atom stereocenters. The fourth-order valence-corrected chi connectivity index (χ4v) is 1.91. The van der Waals surface area contributed by atoms with Crippen LogP contribution in [-0.2, 0) is 6.54 Å². The van der Waals surface area contributed by atoms with Crippen molar-refractivity contribution in [3.63, 3.8) is 0 Å². The van der Waals surface area contributed by atoms with Crippen LogP contribution in [0.15, 0.2) is 42.5 Å². The predicted octanol–water partition coefficient (Wildman–Crippen LogP) is 3.90. The molecule has 104 valence electrons. The molecule has 0 aromatic heterocycles. The molecule has 0 fully saturated rings. The van der Waals surface area contributed by atoms with Gasteiger partial charge in [0.2, 0.25) is 0 Å². The molecule has 6 heteroatoms. The first-order chi connectivity index (χ1) is 9.54. The average Bonchev–Trinajstić information content (AvgIpc) is 2.42. The van der Waals surface area contributed by atoms with Gasteiger partial charge in [-0.15, -0.1) is 0 Å². The Kier molecular flexibility index (Phi) is 4.71. The molecule has 0 aliphatic heterocycles. The summed E-state index contributed by atoms with van der Waals surface area (Å²) in [5.41, 5.74) is 7.69. The van der Waals surface area contributed by atoms with Crippen molar-refractivity contribution in [3.05, 3.63) is 58.1 Å². The Morgan fingerprint density at radius 2 is 1.80 bits per heavy atom. The largest absolute Gasteiger partial charge is 0.399 e. The molecule has 0 aliphatic rings. The van der Waals surface area contributed by atoms with Gasteiger partial charge in [-0.3, -0.25) is 0 Å². The average molecular weight is 310 g/mol. The molecule has 2 aromatic carbocycles. The van der Waals surface area contributed by atoms with Crippen LogP contribution in [0.1, 0.15) is 5.56 Å². The number of anilines is 2. The Morgan fingerprint density at radius 1 is 1.10 bits per heavy atom. The van der Waals surface area contributed by atoms with E-state index in [9.17, 15) is 4.79 Å². The Hall–Kier alpha value is -1.91. The summed E-state index contributed by atoms with van der Waals surface area (Å²) in [7, 11) is 0. The Morgan fingerprint density at radius 3 is 2.50 bits per heavy atom. The number of amides is 2. The molecule has 0 aliphatic carbocycles. The summed E-state index contributed by atoms with van der Waals surface area (Å²) >= 11 is 11.8. The SMILES string of the molecule is Nc1ccc(CNC(=O)Nc2cc(Cl)ccc2Cl)cc1. The van der Waals surface area contributed by atoms with E-state index in [0.29, 0.717) is 28.0 Å². The van der Waals surface area contributed by atoms with Crippen LogP contribution in [0.5, 0.6) is 0 Å². The van der Waals surface area contributed by atoms with E-state index < -0.39 is 0 Å². The number of benzene rings is 2. The van der Waals surface area contributed by atoms with Gasteiger partial charge in [-0.25, -0.2) is 4.79 Å². The van der Waals surface area contributed by atoms with Crippen LogP contribution < -0.4 is 16.4 Å². The van der Waals surface area contributed by atoms with E-state index >= 15 is 0 Å². The maximum atomic E-state index is 11.8. The van der Waals surface area contributed by atoms with Crippen LogP contribution in [0.2, 0.25) is 10.0 Å². The lowest BCUT2D eigenvalue weighted by atomic mass is 10.2. The minimum atomic E-state index is -0.356. The molecule has 0 heterocycles. The third kappa shape index (κ3) is 4.05. The van der Waals surface area contributed by atoms with Crippen molar-refractivity contribution in [2.75, 3.05) is 11.1 Å². The summed E-state index contributed by atoms with van der Waals surface area (Å²) in [5, 5.41) is 6.29. The summed E-state index contributed by atoms with van der Waals surface area (Å²) < 4.78 is 0. The number of nitrogens with one attached hydrogen (secondary N) is 2. The molecule has 0 saturated heterocycles. The second kappa shape index (κ2) is 6.50. The maximum absolute atomic E-state index is 11.8. The van der Waals surface area contributed by atoms with E-state index in [1.54, 1.807) is 30.3 Å². The van der Waals surface area contributed by atoms with Crippen LogP contribution in [0.3, 0.4) is 0 Å². The highest BCUT2D eigenvalue weighted by Gasteiger charge is 2.06. The highest BCUT2D eigenvalue weighted by Crippen LogP contribution is 2.25. The van der Waals surface area contributed by atoms with E-state index in [2.05, 4.69) is 10.6 Å². The molecule has 4 nitrogen and oxygen atoms in total. The summed E-state index contributed by atoms with van der Waals surface area (Å²) in [6.45, 7) is 0.393. The van der Waals surface area contributed by atoms with Gasteiger partial charge >= 0.3 is 6.03 Å². The minimum absolute atomic E-state index is 0.356. The van der Waals surface area contributed by atoms with E-state index in [4.69, 9.17) is 28.9 Å². The first-order valence-corrected chi connectivity index (χ1v) is 6.64. The maximum Gasteiger partial charge on any atom is 0.319 e. The number of carbonyl (C=O) groups excluding carboxylic acids is 1. The highest BCUT2D eigenvalue weighted by atomic mass is 35.5. The number of halogens is 2. The number of hydrogen-bond acceptors (Lipinski definition) is 2. The van der Waals surface area contributed by atoms with Gasteiger partial charge in [0.15, 0.2) is 0 Å². The topological polar surface area (TPSA) is 67.1 Å². The van der Waals surface area contributed by atoms with E-state index in [1.165, 1.54) is 0 Å². The monoisotopic (exact) mass is 309 g/mol. The van der Waals surface area contributed by atoms with Crippen LogP contribution in [0.4, 0.5) is 16.2 Å². The number of hydrogen-bond donors (Lipinski definition) is 3. The number of nitrogens with two attached hydrogens (primary N) is 1. The molecule has 0 spiro atoms. The fraction of sp³-hybridized carbons (Fsp3) is 0.0714. The van der Waals surface area contributed by atoms with E-state index in [0.717, 1.165) is 5.56 Å². The van der Waals surface area contributed by atoms with Crippen molar-refractivity contribution in [2.45, 2.75) is 6.54 Å². The molecule has 2 amide bonds. The molecular formula is C14H13Cl2N3O. The van der Waals surface area contributed by atoms with Crippen molar-refractivity contribution in [1.29, 1.82) is 0 Å². The first-order valence-electron chi connectivity index (χ1n) is 5.89. The number of nitrogen functional groups attached to an aromatic ring is 1. The Balaban J connectivity index is 1.92. The third-order valence-electron chi connectivity index (χ3n) is 2.61. The van der Waals surface area contributed by atoms with Gasteiger partial charge in [0.25, 0.3) is 0 Å². The van der Waals surface area contributed by atoms with Gasteiger partial charge in [0.05, 0.1) is 10.7 Å². The molecule has 0 bridgehead atoms. The van der Waals surface area contributed by atoms with Crippen molar-refractivity contribution < 1.29 is 4.79 Å². The smallest absolute Gasteiger partial charge is 0.319 e. The molecule has 2 rings (SSSR count). The standard InChI is InChI=1S/C14H13Cl2N3O/c15-10-3-6-12(16)13(7-10)19-14(20)18-8-9-1-4-11(17)5-2-9/h1-7H,8,17H2,(H2,18,19,20). The van der Waals surface area contributed by atoms with Crippen molar-refractivity contribution >= 4 is 40.6 Å². The molecule has 0 saturated carbocycles. The van der Waals surface area contributed by atoms with Gasteiger partial charge in [-0.1, -0.05) is 35.3 Å². The van der Waals surface area contributed by atoms with Gasteiger partial charge < -0.3 is 16.4 Å². The summed E-state index contributed by atoms with van der Waals surface area (Å²) in [6, 6.07) is 11.8. The lowest BCUT2D eigenvalue weighted by Gasteiger charge is -2.09. The normalized spacial score (nSPS) is 10.1. The lowest BCUT2D eigenvalue weighted by Crippen LogP contribution is -2.28. The van der Waals surface area contributed by atoms with Crippen molar-refractivity contribution in [1.82, 2.24) is 5.32 Å². The number of rotatable bonds is 3. The Labute approximate surface area is 126 Å². The minimum Gasteiger partial charge on any atom is -0.399 e. The van der Waals surface area contributed by atoms with Crippen LogP contribution in [-0.4, -0.2) is 6.03 Å². The highest BCUT2D eigenvalue weighted by molar-refractivity contribution is 6.35. The lowest BCUT2D eigenvalue weighted by molar-refractivity contribution is 0.251. The first kappa shape index (κ1) is 14.5. The second-order valence-electron chi connectivity index (χ2n) is 4.17. The van der Waals surface area contributed by atoms with Crippen LogP contribution >= 0.6 is 23.2 Å². The summed E-state index contributed by atoms with van der Waals surface area (Å²) in [4.78, 5) is 11.8. The number of carbonyl (C=O) groups is 1. The molecule has 20 heavy (non-hydrogen) atoms. The molecule has 4 N–H and O–H groups in total. The van der Waals surface area contributed by atoms with Gasteiger partial charge in [0.1, 0.15) is 0 Å². The van der Waals surface area contributed by atoms with Gasteiger partial charge in [0, 0.05) is 17.3 Å². The zero-order chi connectivity index (χ0) is 14.5. The molecule has 2 aromatic rings. The molecule has 0 radical (unpaired) electrons. The Bertz CT molecular complexity index is 614. The zero-order valence-electron chi connectivity index (χ0n) is 10.5. The van der Waals surface area contributed by atoms with Crippen LogP contribution in [0.25, 0.3) is 0 Å². The van der Waals surface area contributed by atoms with E-state index in [-0.39, 0.29) is 6.03 Å². The summed E-state index contributed by atoms with van der Waals surface area (Å²) in [6.07, 6.45) is 0. The predicted molar refractivity (Wildman–Crippen MR) is 83.2 cm³/mol. The van der Waals surface area contributed by atoms with Gasteiger partial charge in [-0.2, -0.15) is 0 Å². The molecular weight excluding hydrogens is 297 g/mol. The third-order valence-corrected chi connectivity index (χ3v) is 3.17. The van der Waals surface area contributed by atoms with E-state index in [1.807, 2.05) is 12.1 Å². The molecule has 0 unspecified atom stereocenters. The zero-order valence-corrected chi connectivity index (χ0v) is 12.0. The number of urea groups is 1.